The van der Waals surface area contributed by atoms with Crippen molar-refractivity contribution >= 4 is 5.97 Å². The van der Waals surface area contributed by atoms with Gasteiger partial charge < -0.3 is 4.84 Å². The van der Waals surface area contributed by atoms with E-state index in [0.717, 1.165) is 42.0 Å². The van der Waals surface area contributed by atoms with E-state index in [1.165, 1.54) is 62.6 Å². The van der Waals surface area contributed by atoms with E-state index in [1.54, 1.807) is 0 Å². The molecule has 2 aromatic rings. The molecule has 0 saturated heterocycles. The predicted molar refractivity (Wildman–Crippen MR) is 126 cm³/mol. The molecule has 34 heavy (non-hydrogen) atoms. The number of halogens is 3. The van der Waals surface area contributed by atoms with Crippen LogP contribution in [-0.2, 0) is 28.9 Å². The molecule has 0 aliphatic heterocycles. The van der Waals surface area contributed by atoms with Crippen LogP contribution in [0.3, 0.4) is 0 Å². The number of alkyl halides is 3. The lowest BCUT2D eigenvalue weighted by molar-refractivity contribution is -0.194. The van der Waals surface area contributed by atoms with Crippen LogP contribution in [-0.4, -0.2) is 11.0 Å². The molecule has 0 N–H and O–H groups in total. The Bertz CT molecular complexity index is 966. The second kappa shape index (κ2) is 12.6. The summed E-state index contributed by atoms with van der Waals surface area (Å²) in [5.74, 6) is 6.88. The number of carbonyl (C=O) groups excluding carboxylic acids is 1. The molecule has 3 rings (SSSR count). The lowest BCUT2D eigenvalue weighted by Gasteiger charge is -2.21. The molecule has 2 aromatic carbocycles. The summed E-state index contributed by atoms with van der Waals surface area (Å²) in [6.45, 7) is 1.79. The minimum absolute atomic E-state index is 0.181. The standard InChI is InChI=1S/C28H32F3NO2/c1-22(33)34-32(21-26-16-18-27(19-17-26)28(29,30)31)20-25-14-12-24(13-15-25)11-7-3-6-10-23-8-4-2-5-9-23/h12-19,23H,2-6,8-10,20-21H2,1H3. The number of nitrogens with zero attached hydrogens (tertiary/aromatic N) is 1. The Hall–Kier alpha value is -2.78. The van der Waals surface area contributed by atoms with Crippen molar-refractivity contribution in [3.8, 4) is 11.8 Å². The molecule has 0 radical (unpaired) electrons. The van der Waals surface area contributed by atoms with Crippen molar-refractivity contribution in [3.05, 3.63) is 70.8 Å². The van der Waals surface area contributed by atoms with E-state index in [4.69, 9.17) is 4.84 Å². The number of hydrogen-bond donors (Lipinski definition) is 0. The average Bonchev–Trinajstić information content (AvgIpc) is 2.80. The first-order valence-electron chi connectivity index (χ1n) is 12.0. The molecule has 3 nitrogen and oxygen atoms in total. The third kappa shape index (κ3) is 8.87. The smallest absolute Gasteiger partial charge is 0.368 e. The number of unbranched alkanes of at least 4 members (excludes halogenated alkanes) is 1. The first kappa shape index (κ1) is 25.8. The Labute approximate surface area is 200 Å². The molecule has 1 aliphatic carbocycles. The zero-order valence-electron chi connectivity index (χ0n) is 19.7. The summed E-state index contributed by atoms with van der Waals surface area (Å²) in [7, 11) is 0. The number of rotatable bonds is 8. The Morgan fingerprint density at radius 3 is 2.12 bits per heavy atom. The second-order valence-electron chi connectivity index (χ2n) is 8.97. The first-order chi connectivity index (χ1) is 16.3. The van der Waals surface area contributed by atoms with Crippen LogP contribution in [0.1, 0.15) is 80.5 Å². The molecule has 0 spiro atoms. The lowest BCUT2D eigenvalue weighted by Crippen LogP contribution is -2.25. The molecule has 0 bridgehead atoms. The minimum atomic E-state index is -4.38. The molecule has 6 heteroatoms. The third-order valence-corrected chi connectivity index (χ3v) is 6.08. The van der Waals surface area contributed by atoms with Gasteiger partial charge in [-0.1, -0.05) is 68.2 Å². The monoisotopic (exact) mass is 471 g/mol. The van der Waals surface area contributed by atoms with Crippen LogP contribution in [0, 0.1) is 17.8 Å². The van der Waals surface area contributed by atoms with E-state index < -0.39 is 17.7 Å². The Balaban J connectivity index is 1.52. The average molecular weight is 472 g/mol. The molecule has 182 valence electrons. The van der Waals surface area contributed by atoms with E-state index in [1.807, 2.05) is 24.3 Å². The van der Waals surface area contributed by atoms with Crippen LogP contribution in [0.2, 0.25) is 0 Å². The summed E-state index contributed by atoms with van der Waals surface area (Å²) in [4.78, 5) is 16.8. The summed E-state index contributed by atoms with van der Waals surface area (Å²) < 4.78 is 38.3. The van der Waals surface area contributed by atoms with E-state index in [2.05, 4.69) is 11.8 Å². The van der Waals surface area contributed by atoms with Gasteiger partial charge in [-0.2, -0.15) is 13.2 Å². The van der Waals surface area contributed by atoms with Crippen molar-refractivity contribution in [2.24, 2.45) is 5.92 Å². The number of hydrogen-bond acceptors (Lipinski definition) is 3. The fourth-order valence-electron chi connectivity index (χ4n) is 4.32. The van der Waals surface area contributed by atoms with E-state index in [9.17, 15) is 18.0 Å². The maximum absolute atomic E-state index is 12.8. The van der Waals surface area contributed by atoms with Crippen LogP contribution >= 0.6 is 0 Å². The number of carbonyl (C=O) groups is 1. The van der Waals surface area contributed by atoms with Crippen LogP contribution < -0.4 is 0 Å². The molecule has 1 saturated carbocycles. The molecule has 0 unspecified atom stereocenters. The van der Waals surface area contributed by atoms with Gasteiger partial charge in [0.25, 0.3) is 0 Å². The molecular formula is C28H32F3NO2. The lowest BCUT2D eigenvalue weighted by atomic mass is 9.86. The van der Waals surface area contributed by atoms with Crippen LogP contribution in [0.5, 0.6) is 0 Å². The molecule has 1 fully saturated rings. The van der Waals surface area contributed by atoms with E-state index >= 15 is 0 Å². The molecule has 0 amide bonds. The van der Waals surface area contributed by atoms with Crippen LogP contribution in [0.15, 0.2) is 48.5 Å². The van der Waals surface area contributed by atoms with Gasteiger partial charge in [0.2, 0.25) is 0 Å². The zero-order chi connectivity index (χ0) is 24.4. The third-order valence-electron chi connectivity index (χ3n) is 6.08. The van der Waals surface area contributed by atoms with Crippen molar-refractivity contribution in [2.75, 3.05) is 0 Å². The highest BCUT2D eigenvalue weighted by Crippen LogP contribution is 2.29. The normalized spacial score (nSPS) is 14.5. The van der Waals surface area contributed by atoms with Gasteiger partial charge in [0.1, 0.15) is 0 Å². The summed E-state index contributed by atoms with van der Waals surface area (Å²) in [5, 5.41) is 1.44. The number of benzene rings is 2. The van der Waals surface area contributed by atoms with Crippen molar-refractivity contribution in [3.63, 3.8) is 0 Å². The van der Waals surface area contributed by atoms with Gasteiger partial charge in [-0.05, 0) is 54.2 Å². The quantitative estimate of drug-likeness (QED) is 0.230. The van der Waals surface area contributed by atoms with Crippen molar-refractivity contribution < 1.29 is 22.8 Å². The SMILES string of the molecule is CC(=O)ON(Cc1ccc(C#CCCCC2CCCCC2)cc1)Cc1ccc(C(F)(F)F)cc1. The Morgan fingerprint density at radius 1 is 0.971 bits per heavy atom. The summed E-state index contributed by atoms with van der Waals surface area (Å²) >= 11 is 0. The van der Waals surface area contributed by atoms with Gasteiger partial charge in [0.15, 0.2) is 0 Å². The Kier molecular flexibility index (Phi) is 9.59. The topological polar surface area (TPSA) is 29.5 Å². The van der Waals surface area contributed by atoms with Gasteiger partial charge in [-0.3, -0.25) is 4.79 Å². The zero-order valence-corrected chi connectivity index (χ0v) is 19.7. The fraction of sp³-hybridized carbons (Fsp3) is 0.464. The van der Waals surface area contributed by atoms with Gasteiger partial charge in [-0.15, -0.1) is 5.06 Å². The maximum Gasteiger partial charge on any atom is 0.416 e. The van der Waals surface area contributed by atoms with Gasteiger partial charge in [-0.25, -0.2) is 0 Å². The van der Waals surface area contributed by atoms with Crippen molar-refractivity contribution in [2.45, 2.75) is 77.6 Å². The van der Waals surface area contributed by atoms with Crippen molar-refractivity contribution in [1.29, 1.82) is 0 Å². The highest BCUT2D eigenvalue weighted by atomic mass is 19.4. The van der Waals surface area contributed by atoms with E-state index in [-0.39, 0.29) is 6.54 Å². The number of hydroxylamine groups is 2. The molecule has 0 atom stereocenters. The van der Waals surface area contributed by atoms with E-state index in [0.29, 0.717) is 12.1 Å². The van der Waals surface area contributed by atoms with Crippen LogP contribution in [0.4, 0.5) is 13.2 Å². The maximum atomic E-state index is 12.8. The molecule has 0 heterocycles. The minimum Gasteiger partial charge on any atom is -0.368 e. The highest BCUT2D eigenvalue weighted by molar-refractivity contribution is 5.65. The summed E-state index contributed by atoms with van der Waals surface area (Å²) in [5.41, 5.74) is 1.75. The fourth-order valence-corrected chi connectivity index (χ4v) is 4.32. The first-order valence-corrected chi connectivity index (χ1v) is 12.0. The van der Waals surface area contributed by atoms with Gasteiger partial charge in [0.05, 0.1) is 18.7 Å². The summed E-state index contributed by atoms with van der Waals surface area (Å²) in [6.07, 6.45) is 5.84. The predicted octanol–water partition coefficient (Wildman–Crippen LogP) is 7.29. The van der Waals surface area contributed by atoms with Crippen molar-refractivity contribution in [1.82, 2.24) is 5.06 Å². The highest BCUT2D eigenvalue weighted by Gasteiger charge is 2.30. The van der Waals surface area contributed by atoms with Crippen LogP contribution in [0.25, 0.3) is 0 Å². The largest absolute Gasteiger partial charge is 0.416 e. The molecule has 0 aromatic heterocycles. The van der Waals surface area contributed by atoms with Gasteiger partial charge >= 0.3 is 12.1 Å². The Morgan fingerprint density at radius 2 is 1.56 bits per heavy atom. The summed E-state index contributed by atoms with van der Waals surface area (Å²) in [6, 6.07) is 12.6. The second-order valence-corrected chi connectivity index (χ2v) is 8.97. The molecule has 1 aliphatic rings. The van der Waals surface area contributed by atoms with Gasteiger partial charge in [0, 0.05) is 18.9 Å². The molecular weight excluding hydrogens is 439 g/mol.